The molecule has 2 aliphatic rings. The van der Waals surface area contributed by atoms with Crippen molar-refractivity contribution >= 4 is 5.78 Å². The first-order valence-electron chi connectivity index (χ1n) is 18.0. The van der Waals surface area contributed by atoms with Crippen molar-refractivity contribution in [1.82, 2.24) is 0 Å². The lowest BCUT2D eigenvalue weighted by Crippen LogP contribution is -2.18. The summed E-state index contributed by atoms with van der Waals surface area (Å²) in [5.74, 6) is -0.0359. The summed E-state index contributed by atoms with van der Waals surface area (Å²) >= 11 is 0. The summed E-state index contributed by atoms with van der Waals surface area (Å²) in [5, 5.41) is 0. The maximum atomic E-state index is 14.7. The molecule has 0 spiro atoms. The van der Waals surface area contributed by atoms with Gasteiger partial charge in [-0.15, -0.1) is 0 Å². The smallest absolute Gasteiger partial charge is 0.171 e. The van der Waals surface area contributed by atoms with Crippen LogP contribution < -0.4 is 0 Å². The Morgan fingerprint density at radius 1 is 0.308 bits per heavy atom. The number of rotatable bonds is 5. The first-order chi connectivity index (χ1) is 25.7. The molecule has 0 saturated heterocycles. The van der Waals surface area contributed by atoms with Gasteiger partial charge in [-0.2, -0.15) is 0 Å². The van der Waals surface area contributed by atoms with E-state index in [9.17, 15) is 4.79 Å². The topological polar surface area (TPSA) is 17.1 Å². The van der Waals surface area contributed by atoms with Crippen LogP contribution >= 0.6 is 0 Å². The molecule has 0 saturated carbocycles. The van der Waals surface area contributed by atoms with Gasteiger partial charge in [0.2, 0.25) is 0 Å². The van der Waals surface area contributed by atoms with Crippen LogP contribution in [0.3, 0.4) is 0 Å². The van der Waals surface area contributed by atoms with Gasteiger partial charge in [-0.05, 0) is 132 Å². The van der Waals surface area contributed by atoms with Crippen LogP contribution in [0.1, 0.15) is 27.4 Å². The van der Waals surface area contributed by atoms with E-state index in [1.807, 2.05) is 6.07 Å². The van der Waals surface area contributed by atoms with Crippen molar-refractivity contribution in [3.05, 3.63) is 205 Å². The van der Waals surface area contributed by atoms with Crippen molar-refractivity contribution < 1.29 is 4.79 Å². The lowest BCUT2D eigenvalue weighted by Gasteiger charge is -2.28. The molecule has 0 aromatic heterocycles. The van der Waals surface area contributed by atoms with E-state index in [1.165, 1.54) is 33.4 Å². The summed E-state index contributed by atoms with van der Waals surface area (Å²) in [6.07, 6.45) is 0.693. The van der Waals surface area contributed by atoms with Gasteiger partial charge in [-0.3, -0.25) is 4.79 Å². The van der Waals surface area contributed by atoms with Gasteiger partial charge in [-0.1, -0.05) is 152 Å². The maximum absolute atomic E-state index is 14.7. The van der Waals surface area contributed by atoms with Crippen molar-refractivity contribution in [2.24, 2.45) is 0 Å². The van der Waals surface area contributed by atoms with Crippen molar-refractivity contribution in [2.45, 2.75) is 12.3 Å². The zero-order valence-electron chi connectivity index (χ0n) is 28.6. The summed E-state index contributed by atoms with van der Waals surface area (Å²) in [5.41, 5.74) is 19.4. The predicted octanol–water partition coefficient (Wildman–Crippen LogP) is 13.2. The maximum Gasteiger partial charge on any atom is 0.171 e. The largest absolute Gasteiger partial charge is 0.293 e. The van der Waals surface area contributed by atoms with Crippen LogP contribution in [-0.2, 0) is 6.42 Å². The second-order valence-electron chi connectivity index (χ2n) is 14.0. The summed E-state index contributed by atoms with van der Waals surface area (Å²) in [4.78, 5) is 14.7. The van der Waals surface area contributed by atoms with Crippen LogP contribution in [0.25, 0.3) is 77.9 Å². The summed E-state index contributed by atoms with van der Waals surface area (Å²) in [7, 11) is 0. The number of carbonyl (C=O) groups excluding carboxylic acids is 1. The molecule has 244 valence electrons. The lowest BCUT2D eigenvalue weighted by atomic mass is 9.75. The molecule has 2 aliphatic carbocycles. The Bertz CT molecular complexity index is 2650. The standard InChI is InChI=1S/C51H34O/c52-51-44-25-23-40(35-16-8-3-9-17-35)28-46(44)48-31-42(39-21-11-19-37(27-39)34-14-6-2-7-15-34)30-47-45-29-41(22-24-43(45)50(51)32-49(47)48)38-20-10-18-36(26-38)33-12-4-1-5-13-33/h1-31,50H,32H2. The molecule has 52 heavy (non-hydrogen) atoms. The highest BCUT2D eigenvalue weighted by Crippen LogP contribution is 2.51. The fraction of sp³-hybridized carbons (Fsp3) is 0.0392. The number of hydrogen-bond donors (Lipinski definition) is 0. The molecular weight excluding hydrogens is 629 g/mol. The second kappa shape index (κ2) is 12.3. The van der Waals surface area contributed by atoms with E-state index in [4.69, 9.17) is 0 Å². The molecule has 1 unspecified atom stereocenters. The number of hydrogen-bond acceptors (Lipinski definition) is 1. The highest BCUT2D eigenvalue weighted by Gasteiger charge is 2.37. The Hall–Kier alpha value is -6.57. The molecule has 8 aromatic rings. The number of carbonyl (C=O) groups is 1. The van der Waals surface area contributed by atoms with Crippen molar-refractivity contribution in [2.75, 3.05) is 0 Å². The second-order valence-corrected chi connectivity index (χ2v) is 14.0. The summed E-state index contributed by atoms with van der Waals surface area (Å²) in [6, 6.07) is 67.1. The van der Waals surface area contributed by atoms with Crippen LogP contribution in [0.15, 0.2) is 188 Å². The Morgan fingerprint density at radius 2 is 0.712 bits per heavy atom. The molecule has 0 aliphatic heterocycles. The van der Waals surface area contributed by atoms with Crippen molar-refractivity contribution in [1.29, 1.82) is 0 Å². The zero-order valence-corrected chi connectivity index (χ0v) is 28.6. The van der Waals surface area contributed by atoms with Crippen LogP contribution in [-0.4, -0.2) is 5.78 Å². The van der Waals surface area contributed by atoms with E-state index in [1.54, 1.807) is 0 Å². The fourth-order valence-electron chi connectivity index (χ4n) is 8.36. The minimum Gasteiger partial charge on any atom is -0.293 e. The number of fused-ring (bicyclic) bond motifs is 6. The van der Waals surface area contributed by atoms with Gasteiger partial charge in [0.05, 0.1) is 5.92 Å². The number of Topliss-reactive ketones (excluding diaryl/α,β-unsaturated/α-hetero) is 1. The van der Waals surface area contributed by atoms with Crippen LogP contribution in [0.4, 0.5) is 0 Å². The molecule has 0 N–H and O–H groups in total. The van der Waals surface area contributed by atoms with E-state index in [-0.39, 0.29) is 11.7 Å². The molecule has 0 radical (unpaired) electrons. The SMILES string of the molecule is O=C1c2ccc(-c3ccccc3)cc2-c2cc(-c3cccc(-c4ccccc4)c3)cc3c2CC1c1ccc(-c2cccc(-c4ccccc4)c2)cc1-3. The molecule has 10 rings (SSSR count). The Labute approximate surface area is 304 Å². The third-order valence-electron chi connectivity index (χ3n) is 11.0. The van der Waals surface area contributed by atoms with E-state index in [0.29, 0.717) is 6.42 Å². The molecule has 2 bridgehead atoms. The molecule has 1 nitrogen and oxygen atoms in total. The molecule has 1 heteroatoms. The fourth-order valence-corrected chi connectivity index (χ4v) is 8.36. The average Bonchev–Trinajstić information content (AvgIpc) is 3.34. The van der Waals surface area contributed by atoms with E-state index in [2.05, 4.69) is 182 Å². The molecule has 0 amide bonds. The highest BCUT2D eigenvalue weighted by molar-refractivity contribution is 6.11. The third kappa shape index (κ3) is 5.13. The van der Waals surface area contributed by atoms with Gasteiger partial charge in [0.15, 0.2) is 5.78 Å². The Balaban J connectivity index is 1.20. The molecule has 0 heterocycles. The Kier molecular flexibility index (Phi) is 7.18. The number of ketones is 1. The van der Waals surface area contributed by atoms with Gasteiger partial charge in [-0.25, -0.2) is 0 Å². The van der Waals surface area contributed by atoms with E-state index in [0.717, 1.165) is 61.2 Å². The van der Waals surface area contributed by atoms with Crippen LogP contribution in [0.2, 0.25) is 0 Å². The van der Waals surface area contributed by atoms with Gasteiger partial charge in [0, 0.05) is 5.56 Å². The number of benzene rings is 8. The normalized spacial score (nSPS) is 13.9. The first-order valence-corrected chi connectivity index (χ1v) is 18.0. The van der Waals surface area contributed by atoms with E-state index < -0.39 is 0 Å². The Morgan fingerprint density at radius 3 is 1.29 bits per heavy atom. The van der Waals surface area contributed by atoms with Crippen molar-refractivity contribution in [3.8, 4) is 77.9 Å². The lowest BCUT2D eigenvalue weighted by molar-refractivity contribution is 0.0960. The minimum atomic E-state index is -0.234. The first kappa shape index (κ1) is 30.3. The summed E-state index contributed by atoms with van der Waals surface area (Å²) in [6.45, 7) is 0. The van der Waals surface area contributed by atoms with Gasteiger partial charge >= 0.3 is 0 Å². The zero-order chi connectivity index (χ0) is 34.6. The van der Waals surface area contributed by atoms with Gasteiger partial charge in [0.25, 0.3) is 0 Å². The molecular formula is C51H34O. The molecule has 8 aromatic carbocycles. The summed E-state index contributed by atoms with van der Waals surface area (Å²) < 4.78 is 0. The highest BCUT2D eigenvalue weighted by atomic mass is 16.1. The van der Waals surface area contributed by atoms with E-state index >= 15 is 0 Å². The van der Waals surface area contributed by atoms with Gasteiger partial charge in [0.1, 0.15) is 0 Å². The quantitative estimate of drug-likeness (QED) is 0.179. The van der Waals surface area contributed by atoms with Crippen LogP contribution in [0, 0.1) is 0 Å². The molecule has 0 fully saturated rings. The monoisotopic (exact) mass is 662 g/mol. The third-order valence-corrected chi connectivity index (χ3v) is 11.0. The predicted molar refractivity (Wildman–Crippen MR) is 215 cm³/mol. The van der Waals surface area contributed by atoms with Crippen molar-refractivity contribution in [3.63, 3.8) is 0 Å². The van der Waals surface area contributed by atoms with Gasteiger partial charge < -0.3 is 0 Å². The minimum absolute atomic E-state index is 0.198. The molecule has 1 atom stereocenters. The van der Waals surface area contributed by atoms with Crippen LogP contribution in [0.5, 0.6) is 0 Å². The average molecular weight is 663 g/mol.